The Labute approximate surface area is 96.9 Å². The molecule has 0 radical (unpaired) electrons. The maximum absolute atomic E-state index is 12.3. The molecule has 0 bridgehead atoms. The van der Waals surface area contributed by atoms with Crippen LogP contribution < -0.4 is 5.32 Å². The Hall–Kier alpha value is -0.530. The van der Waals surface area contributed by atoms with Gasteiger partial charge in [0.1, 0.15) is 0 Å². The van der Waals surface area contributed by atoms with Crippen LogP contribution in [0.25, 0.3) is 0 Å². The van der Waals surface area contributed by atoms with Crippen LogP contribution in [0.3, 0.4) is 0 Å². The molecule has 8 heteroatoms. The molecule has 4 nitrogen and oxygen atoms in total. The van der Waals surface area contributed by atoms with E-state index < -0.39 is 24.4 Å². The van der Waals surface area contributed by atoms with Gasteiger partial charge in [-0.05, 0) is 0 Å². The SMILES string of the molecule is COC(=O)CC1CNCC(C(F)(F)F)O1.Cl. The number of nitrogens with one attached hydrogen (secondary N) is 1. The first-order valence-corrected chi connectivity index (χ1v) is 4.43. The van der Waals surface area contributed by atoms with Gasteiger partial charge < -0.3 is 14.8 Å². The van der Waals surface area contributed by atoms with Crippen molar-refractivity contribution in [1.82, 2.24) is 5.32 Å². The lowest BCUT2D eigenvalue weighted by molar-refractivity contribution is -0.240. The summed E-state index contributed by atoms with van der Waals surface area (Å²) in [5, 5.41) is 2.57. The molecule has 0 aliphatic carbocycles. The first-order valence-electron chi connectivity index (χ1n) is 4.43. The number of halogens is 4. The Kier molecular flexibility index (Phi) is 6.06. The number of alkyl halides is 3. The van der Waals surface area contributed by atoms with E-state index in [1.165, 1.54) is 7.11 Å². The number of methoxy groups -OCH3 is 1. The Morgan fingerprint density at radius 3 is 2.62 bits per heavy atom. The average Bonchev–Trinajstić information content (AvgIpc) is 2.17. The summed E-state index contributed by atoms with van der Waals surface area (Å²) in [6, 6.07) is 0. The van der Waals surface area contributed by atoms with Crippen LogP contribution in [0.4, 0.5) is 13.2 Å². The van der Waals surface area contributed by atoms with Crippen LogP contribution in [0.15, 0.2) is 0 Å². The number of esters is 1. The number of ether oxygens (including phenoxy) is 2. The van der Waals surface area contributed by atoms with Crippen LogP contribution in [0.5, 0.6) is 0 Å². The highest BCUT2D eigenvalue weighted by Gasteiger charge is 2.43. The second-order valence-electron chi connectivity index (χ2n) is 3.23. The van der Waals surface area contributed by atoms with Gasteiger partial charge in [0.15, 0.2) is 6.10 Å². The fourth-order valence-electron chi connectivity index (χ4n) is 1.29. The molecule has 16 heavy (non-hydrogen) atoms. The number of carbonyl (C=O) groups excluding carboxylic acids is 1. The van der Waals surface area contributed by atoms with Crippen LogP contribution in [0.1, 0.15) is 6.42 Å². The second kappa shape index (κ2) is 6.27. The summed E-state index contributed by atoms with van der Waals surface area (Å²) in [4.78, 5) is 10.8. The largest absolute Gasteiger partial charge is 0.469 e. The maximum atomic E-state index is 12.3. The van der Waals surface area contributed by atoms with E-state index in [0.717, 1.165) is 0 Å². The zero-order valence-corrected chi connectivity index (χ0v) is 9.36. The minimum atomic E-state index is -4.40. The van der Waals surface area contributed by atoms with Crippen LogP contribution in [0, 0.1) is 0 Å². The molecule has 1 heterocycles. The van der Waals surface area contributed by atoms with Crippen molar-refractivity contribution in [2.75, 3.05) is 20.2 Å². The topological polar surface area (TPSA) is 47.6 Å². The van der Waals surface area contributed by atoms with Gasteiger partial charge in [-0.1, -0.05) is 0 Å². The molecule has 2 unspecified atom stereocenters. The van der Waals surface area contributed by atoms with Crippen molar-refractivity contribution in [3.8, 4) is 0 Å². The van der Waals surface area contributed by atoms with Crippen LogP contribution >= 0.6 is 12.4 Å². The molecule has 2 atom stereocenters. The Bertz CT molecular complexity index is 237. The highest BCUT2D eigenvalue weighted by Crippen LogP contribution is 2.25. The molecular weight excluding hydrogens is 251 g/mol. The van der Waals surface area contributed by atoms with Crippen molar-refractivity contribution >= 4 is 18.4 Å². The smallest absolute Gasteiger partial charge is 0.415 e. The summed E-state index contributed by atoms with van der Waals surface area (Å²) in [5.74, 6) is -0.579. The monoisotopic (exact) mass is 263 g/mol. The van der Waals surface area contributed by atoms with Gasteiger partial charge in [-0.2, -0.15) is 13.2 Å². The fourth-order valence-corrected chi connectivity index (χ4v) is 1.29. The minimum absolute atomic E-state index is 0. The van der Waals surface area contributed by atoms with Crippen molar-refractivity contribution < 1.29 is 27.4 Å². The molecule has 1 aliphatic heterocycles. The Balaban J connectivity index is 0.00000225. The molecule has 1 aliphatic rings. The zero-order valence-electron chi connectivity index (χ0n) is 8.54. The third kappa shape index (κ3) is 4.54. The van der Waals surface area contributed by atoms with E-state index in [1.807, 2.05) is 0 Å². The maximum Gasteiger partial charge on any atom is 0.415 e. The first-order chi connectivity index (χ1) is 6.93. The number of hydrogen-bond acceptors (Lipinski definition) is 4. The average molecular weight is 264 g/mol. The van der Waals surface area contributed by atoms with Crippen molar-refractivity contribution in [3.05, 3.63) is 0 Å². The van der Waals surface area contributed by atoms with E-state index in [4.69, 9.17) is 4.74 Å². The minimum Gasteiger partial charge on any atom is -0.469 e. The van der Waals surface area contributed by atoms with Crippen LogP contribution in [-0.2, 0) is 14.3 Å². The van der Waals surface area contributed by atoms with Crippen molar-refractivity contribution in [3.63, 3.8) is 0 Å². The van der Waals surface area contributed by atoms with E-state index in [0.29, 0.717) is 0 Å². The van der Waals surface area contributed by atoms with Gasteiger partial charge in [0.2, 0.25) is 0 Å². The molecule has 1 saturated heterocycles. The van der Waals surface area contributed by atoms with E-state index in [1.54, 1.807) is 0 Å². The number of morpholine rings is 1. The van der Waals surface area contributed by atoms with Gasteiger partial charge in [0.05, 0.1) is 19.6 Å². The lowest BCUT2D eigenvalue weighted by Gasteiger charge is -2.31. The van der Waals surface area contributed by atoms with Crippen molar-refractivity contribution in [2.45, 2.75) is 24.8 Å². The number of rotatable bonds is 2. The summed E-state index contributed by atoms with van der Waals surface area (Å²) >= 11 is 0. The Morgan fingerprint density at radius 2 is 2.12 bits per heavy atom. The molecule has 96 valence electrons. The lowest BCUT2D eigenvalue weighted by Crippen LogP contribution is -2.51. The molecule has 1 fully saturated rings. The molecule has 0 spiro atoms. The third-order valence-corrected chi connectivity index (χ3v) is 2.05. The van der Waals surface area contributed by atoms with E-state index in [-0.39, 0.29) is 31.9 Å². The van der Waals surface area contributed by atoms with Gasteiger partial charge in [0.25, 0.3) is 0 Å². The third-order valence-electron chi connectivity index (χ3n) is 2.05. The quantitative estimate of drug-likeness (QED) is 0.752. The first kappa shape index (κ1) is 15.5. The van der Waals surface area contributed by atoms with Crippen LogP contribution in [0.2, 0.25) is 0 Å². The van der Waals surface area contributed by atoms with Gasteiger partial charge in [-0.25, -0.2) is 0 Å². The summed E-state index contributed by atoms with van der Waals surface area (Å²) in [7, 11) is 1.18. The second-order valence-corrected chi connectivity index (χ2v) is 3.23. The lowest BCUT2D eigenvalue weighted by atomic mass is 10.2. The summed E-state index contributed by atoms with van der Waals surface area (Å²) in [5.41, 5.74) is 0. The van der Waals surface area contributed by atoms with Gasteiger partial charge >= 0.3 is 12.1 Å². The summed E-state index contributed by atoms with van der Waals surface area (Å²) < 4.78 is 45.8. The molecule has 1 rings (SSSR count). The van der Waals surface area contributed by atoms with E-state index >= 15 is 0 Å². The van der Waals surface area contributed by atoms with Gasteiger partial charge in [0, 0.05) is 13.1 Å². The van der Waals surface area contributed by atoms with Gasteiger partial charge in [-0.3, -0.25) is 4.79 Å². The molecule has 1 N–H and O–H groups in total. The van der Waals surface area contributed by atoms with E-state index in [2.05, 4.69) is 10.1 Å². The predicted octanol–water partition coefficient (Wildman–Crippen LogP) is 0.891. The van der Waals surface area contributed by atoms with E-state index in [9.17, 15) is 18.0 Å². The molecule has 0 aromatic rings. The fraction of sp³-hybridized carbons (Fsp3) is 0.875. The van der Waals surface area contributed by atoms with Crippen molar-refractivity contribution in [2.24, 2.45) is 0 Å². The highest BCUT2D eigenvalue weighted by atomic mass is 35.5. The van der Waals surface area contributed by atoms with Crippen LogP contribution in [-0.4, -0.2) is 44.6 Å². The summed E-state index contributed by atoms with van der Waals surface area (Å²) in [6.45, 7) is -0.0527. The normalized spacial score (nSPS) is 25.8. The molecule has 0 aromatic heterocycles. The number of hydrogen-bond donors (Lipinski definition) is 1. The standard InChI is InChI=1S/C8H12F3NO3.ClH/c1-14-7(13)2-5-3-12-4-6(15-5)8(9,10)11;/h5-6,12H,2-4H2,1H3;1H. The van der Waals surface area contributed by atoms with Crippen molar-refractivity contribution in [1.29, 1.82) is 0 Å². The summed E-state index contributed by atoms with van der Waals surface area (Å²) in [6.07, 6.45) is -7.20. The highest BCUT2D eigenvalue weighted by molar-refractivity contribution is 5.85. The number of carbonyl (C=O) groups is 1. The Morgan fingerprint density at radius 1 is 1.50 bits per heavy atom. The zero-order chi connectivity index (χ0) is 11.5. The predicted molar refractivity (Wildman–Crippen MR) is 51.5 cm³/mol. The van der Waals surface area contributed by atoms with Gasteiger partial charge in [-0.15, -0.1) is 12.4 Å². The molecule has 0 saturated carbocycles. The molecule has 0 amide bonds. The molecular formula is C8H13ClF3NO3. The molecule has 0 aromatic carbocycles.